The van der Waals surface area contributed by atoms with Crippen LogP contribution in [0.5, 0.6) is 0 Å². The van der Waals surface area contributed by atoms with Gasteiger partial charge in [0.15, 0.2) is 0 Å². The van der Waals surface area contributed by atoms with E-state index in [2.05, 4.69) is 67.8 Å². The molecule has 0 atom stereocenters. The zero-order valence-corrected chi connectivity index (χ0v) is 21.9. The van der Waals surface area contributed by atoms with Crippen LogP contribution >= 0.6 is 0 Å². The van der Waals surface area contributed by atoms with Gasteiger partial charge in [-0.3, -0.25) is 4.79 Å². The van der Waals surface area contributed by atoms with E-state index in [0.29, 0.717) is 21.9 Å². The van der Waals surface area contributed by atoms with E-state index >= 15 is 0 Å². The SMILES string of the molecule is CC(C)(C)c1ccc2oc3cc(-n4c5ccccc5c5cc6c(cc54)oc4ccccc46)ccc3c(=O)c2c1. The summed E-state index contributed by atoms with van der Waals surface area (Å²) in [6.07, 6.45) is 0. The van der Waals surface area contributed by atoms with Crippen molar-refractivity contribution in [2.45, 2.75) is 26.2 Å². The summed E-state index contributed by atoms with van der Waals surface area (Å²) in [5, 5.41) is 5.73. The van der Waals surface area contributed by atoms with Crippen LogP contribution in [0.1, 0.15) is 26.3 Å². The summed E-state index contributed by atoms with van der Waals surface area (Å²) < 4.78 is 14.8. The second-order valence-corrected chi connectivity index (χ2v) is 11.4. The van der Waals surface area contributed by atoms with Crippen molar-refractivity contribution in [2.75, 3.05) is 0 Å². The zero-order valence-electron chi connectivity index (χ0n) is 21.9. The van der Waals surface area contributed by atoms with Gasteiger partial charge in [-0.05, 0) is 53.4 Å². The van der Waals surface area contributed by atoms with Crippen LogP contribution in [0.25, 0.3) is 71.4 Å². The molecule has 0 N–H and O–H groups in total. The maximum absolute atomic E-state index is 13.5. The zero-order chi connectivity index (χ0) is 26.5. The van der Waals surface area contributed by atoms with Crippen molar-refractivity contribution in [3.05, 3.63) is 113 Å². The number of nitrogens with zero attached hydrogens (tertiary/aromatic N) is 1. The lowest BCUT2D eigenvalue weighted by Gasteiger charge is -2.19. The minimum absolute atomic E-state index is 0.00453. The van der Waals surface area contributed by atoms with Gasteiger partial charge in [-0.2, -0.15) is 0 Å². The standard InChI is InChI=1S/C35H25NO3/c1-35(2,3)20-12-15-31-27(16-20)34(37)24-14-13-21(17-32(24)39-31)36-28-10-6-4-8-22(28)25-18-26-23-9-5-7-11-30(23)38-33(26)19-29(25)36/h4-19H,1-3H3. The molecule has 0 spiro atoms. The van der Waals surface area contributed by atoms with Crippen LogP contribution in [0, 0.1) is 0 Å². The van der Waals surface area contributed by atoms with E-state index in [4.69, 9.17) is 8.83 Å². The van der Waals surface area contributed by atoms with Crippen LogP contribution in [0.15, 0.2) is 111 Å². The molecule has 39 heavy (non-hydrogen) atoms. The average molecular weight is 508 g/mol. The van der Waals surface area contributed by atoms with E-state index in [9.17, 15) is 4.79 Å². The highest BCUT2D eigenvalue weighted by molar-refractivity contribution is 6.17. The molecule has 3 heterocycles. The maximum atomic E-state index is 13.5. The lowest BCUT2D eigenvalue weighted by molar-refractivity contribution is 0.590. The number of hydrogen-bond donors (Lipinski definition) is 0. The second-order valence-electron chi connectivity index (χ2n) is 11.4. The summed E-state index contributed by atoms with van der Waals surface area (Å²) in [4.78, 5) is 13.5. The normalized spacial score (nSPS) is 12.6. The minimum atomic E-state index is -0.0543. The molecule has 188 valence electrons. The third-order valence-corrected chi connectivity index (χ3v) is 7.95. The lowest BCUT2D eigenvalue weighted by Crippen LogP contribution is -2.12. The van der Waals surface area contributed by atoms with Crippen molar-refractivity contribution in [1.82, 2.24) is 4.57 Å². The highest BCUT2D eigenvalue weighted by Crippen LogP contribution is 2.38. The third-order valence-electron chi connectivity index (χ3n) is 7.95. The van der Waals surface area contributed by atoms with Crippen molar-refractivity contribution in [1.29, 1.82) is 0 Å². The number of para-hydroxylation sites is 2. The predicted octanol–water partition coefficient (Wildman–Crippen LogP) is 9.24. The Bertz CT molecular complexity index is 2340. The van der Waals surface area contributed by atoms with E-state index in [-0.39, 0.29) is 10.8 Å². The molecule has 3 aromatic heterocycles. The van der Waals surface area contributed by atoms with Gasteiger partial charge in [-0.1, -0.05) is 63.2 Å². The van der Waals surface area contributed by atoms with Crippen LogP contribution < -0.4 is 5.43 Å². The smallest absolute Gasteiger partial charge is 0.200 e. The summed E-state index contributed by atoms with van der Waals surface area (Å²) >= 11 is 0. The van der Waals surface area contributed by atoms with E-state index in [1.807, 2.05) is 54.6 Å². The number of benzene rings is 5. The van der Waals surface area contributed by atoms with Gasteiger partial charge >= 0.3 is 0 Å². The average Bonchev–Trinajstić information content (AvgIpc) is 3.46. The molecule has 0 aliphatic carbocycles. The van der Waals surface area contributed by atoms with Crippen molar-refractivity contribution in [3.8, 4) is 5.69 Å². The molecule has 0 aliphatic rings. The Balaban J connectivity index is 1.42. The molecule has 0 saturated heterocycles. The van der Waals surface area contributed by atoms with E-state index in [1.54, 1.807) is 0 Å². The van der Waals surface area contributed by atoms with Gasteiger partial charge in [0.05, 0.1) is 21.8 Å². The Hall–Kier alpha value is -4.83. The molecule has 4 heteroatoms. The molecular formula is C35H25NO3. The highest BCUT2D eigenvalue weighted by Gasteiger charge is 2.19. The Morgan fingerprint density at radius 1 is 0.538 bits per heavy atom. The molecule has 0 fully saturated rings. The predicted molar refractivity (Wildman–Crippen MR) is 160 cm³/mol. The van der Waals surface area contributed by atoms with Gasteiger partial charge in [-0.25, -0.2) is 0 Å². The largest absolute Gasteiger partial charge is 0.456 e. The Morgan fingerprint density at radius 2 is 1.26 bits per heavy atom. The molecule has 0 amide bonds. The highest BCUT2D eigenvalue weighted by atomic mass is 16.3. The fraction of sp³-hybridized carbons (Fsp3) is 0.114. The molecule has 0 bridgehead atoms. The van der Waals surface area contributed by atoms with E-state index in [0.717, 1.165) is 55.0 Å². The summed E-state index contributed by atoms with van der Waals surface area (Å²) in [6, 6.07) is 32.7. The molecule has 0 unspecified atom stereocenters. The third kappa shape index (κ3) is 3.15. The fourth-order valence-electron chi connectivity index (χ4n) is 5.91. The monoisotopic (exact) mass is 507 g/mol. The first-order valence-electron chi connectivity index (χ1n) is 13.2. The summed E-state index contributed by atoms with van der Waals surface area (Å²) in [5.74, 6) is 0. The Kier molecular flexibility index (Phi) is 4.33. The first-order chi connectivity index (χ1) is 18.9. The molecule has 5 aromatic carbocycles. The number of aromatic nitrogens is 1. The van der Waals surface area contributed by atoms with Gasteiger partial charge in [0.25, 0.3) is 0 Å². The molecule has 8 rings (SSSR count). The first-order valence-corrected chi connectivity index (χ1v) is 13.2. The van der Waals surface area contributed by atoms with Crippen molar-refractivity contribution >= 4 is 65.7 Å². The number of fused-ring (bicyclic) bond motifs is 8. The van der Waals surface area contributed by atoms with Gasteiger partial charge in [0.2, 0.25) is 5.43 Å². The quantitative estimate of drug-likeness (QED) is 0.208. The van der Waals surface area contributed by atoms with Gasteiger partial charge in [-0.15, -0.1) is 0 Å². The molecular weight excluding hydrogens is 482 g/mol. The van der Waals surface area contributed by atoms with Crippen LogP contribution in [-0.4, -0.2) is 4.57 Å². The number of furan rings is 1. The summed E-state index contributed by atoms with van der Waals surface area (Å²) in [7, 11) is 0. The Labute approximate surface area is 223 Å². The van der Waals surface area contributed by atoms with Crippen molar-refractivity contribution < 1.29 is 8.83 Å². The molecule has 0 radical (unpaired) electrons. The van der Waals surface area contributed by atoms with Crippen LogP contribution in [-0.2, 0) is 5.41 Å². The maximum Gasteiger partial charge on any atom is 0.200 e. The topological polar surface area (TPSA) is 48.3 Å². The second kappa shape index (κ2) is 7.61. The molecule has 8 aromatic rings. The van der Waals surface area contributed by atoms with Crippen molar-refractivity contribution in [2.24, 2.45) is 0 Å². The molecule has 0 aliphatic heterocycles. The number of hydrogen-bond acceptors (Lipinski definition) is 3. The molecule has 4 nitrogen and oxygen atoms in total. The summed E-state index contributed by atoms with van der Waals surface area (Å²) in [6.45, 7) is 6.44. The minimum Gasteiger partial charge on any atom is -0.456 e. The summed E-state index contributed by atoms with van der Waals surface area (Å²) in [5.41, 5.74) is 7.01. The number of rotatable bonds is 1. The van der Waals surface area contributed by atoms with Crippen molar-refractivity contribution in [3.63, 3.8) is 0 Å². The van der Waals surface area contributed by atoms with Crippen LogP contribution in [0.4, 0.5) is 0 Å². The Morgan fingerprint density at radius 3 is 2.08 bits per heavy atom. The van der Waals surface area contributed by atoms with Crippen LogP contribution in [0.2, 0.25) is 0 Å². The lowest BCUT2D eigenvalue weighted by atomic mass is 9.86. The van der Waals surface area contributed by atoms with Gasteiger partial charge < -0.3 is 13.4 Å². The van der Waals surface area contributed by atoms with Gasteiger partial charge in [0.1, 0.15) is 22.3 Å². The van der Waals surface area contributed by atoms with E-state index < -0.39 is 0 Å². The van der Waals surface area contributed by atoms with E-state index in [1.165, 1.54) is 0 Å². The van der Waals surface area contributed by atoms with Gasteiger partial charge in [0, 0.05) is 39.4 Å². The fourth-order valence-corrected chi connectivity index (χ4v) is 5.91. The molecule has 0 saturated carbocycles. The first kappa shape index (κ1) is 22.2. The van der Waals surface area contributed by atoms with Crippen LogP contribution in [0.3, 0.4) is 0 Å².